The normalized spacial score (nSPS) is 15.2. The standard InChI is InChI=1S/C33H42N2O5S/c1-32(2,20-23-17-25-9-6-7-10-26(25)18-23)34-21-29(36)22-35(5)41(39,40)30-12-8-11-27(19-30)24-13-15-28(16-14-24)33(3,4)31(37)38/h6-16,19,23,29,34,36H,17-18,20-22H2,1-5H3,(H,37,38). The van der Waals surface area contributed by atoms with Gasteiger partial charge in [-0.05, 0) is 92.8 Å². The van der Waals surface area contributed by atoms with Gasteiger partial charge in [0.1, 0.15) is 0 Å². The van der Waals surface area contributed by atoms with Gasteiger partial charge in [0.15, 0.2) is 0 Å². The zero-order chi connectivity index (χ0) is 30.0. The number of fused-ring (bicyclic) bond motifs is 1. The van der Waals surface area contributed by atoms with Crippen molar-refractivity contribution >= 4 is 16.0 Å². The van der Waals surface area contributed by atoms with Gasteiger partial charge in [-0.3, -0.25) is 4.79 Å². The molecule has 0 amide bonds. The maximum atomic E-state index is 13.4. The van der Waals surface area contributed by atoms with Crippen molar-refractivity contribution in [3.05, 3.63) is 89.5 Å². The monoisotopic (exact) mass is 578 g/mol. The van der Waals surface area contributed by atoms with Crippen LogP contribution in [0.3, 0.4) is 0 Å². The Balaban J connectivity index is 1.35. The van der Waals surface area contributed by atoms with E-state index >= 15 is 0 Å². The van der Waals surface area contributed by atoms with Crippen molar-refractivity contribution in [2.45, 2.75) is 68.9 Å². The molecule has 3 aromatic rings. The predicted octanol–water partition coefficient (Wildman–Crippen LogP) is 4.87. The molecule has 7 nitrogen and oxygen atoms in total. The van der Waals surface area contributed by atoms with Crippen LogP contribution in [0, 0.1) is 5.92 Å². The first-order valence-electron chi connectivity index (χ1n) is 14.1. The number of carbonyl (C=O) groups is 1. The molecule has 0 spiro atoms. The third-order valence-corrected chi connectivity index (χ3v) is 10.1. The molecule has 0 heterocycles. The molecule has 0 aliphatic heterocycles. The summed E-state index contributed by atoms with van der Waals surface area (Å²) in [5.74, 6) is -0.371. The Labute approximate surface area is 244 Å². The van der Waals surface area contributed by atoms with Crippen LogP contribution in [0.2, 0.25) is 0 Å². The number of β-amino-alcohol motifs (C(OH)–C–C–N with tert-alkyl or cyclic N) is 1. The molecule has 3 aromatic carbocycles. The number of nitrogens with zero attached hydrogens (tertiary/aromatic N) is 1. The van der Waals surface area contributed by atoms with Gasteiger partial charge in [-0.15, -0.1) is 0 Å². The summed E-state index contributed by atoms with van der Waals surface area (Å²) in [6, 6.07) is 22.4. The van der Waals surface area contributed by atoms with Gasteiger partial charge in [0, 0.05) is 25.7 Å². The molecule has 3 N–H and O–H groups in total. The molecule has 0 saturated heterocycles. The van der Waals surface area contributed by atoms with Crippen LogP contribution in [0.5, 0.6) is 0 Å². The van der Waals surface area contributed by atoms with Crippen molar-refractivity contribution in [2.24, 2.45) is 5.92 Å². The Morgan fingerprint density at radius 3 is 2.15 bits per heavy atom. The fourth-order valence-electron chi connectivity index (χ4n) is 5.66. The fourth-order valence-corrected chi connectivity index (χ4v) is 6.92. The van der Waals surface area contributed by atoms with Crippen LogP contribution in [0.25, 0.3) is 11.1 Å². The van der Waals surface area contributed by atoms with Crippen molar-refractivity contribution in [3.8, 4) is 11.1 Å². The summed E-state index contributed by atoms with van der Waals surface area (Å²) >= 11 is 0. The van der Waals surface area contributed by atoms with E-state index in [1.807, 2.05) is 6.07 Å². The van der Waals surface area contributed by atoms with E-state index in [2.05, 4.69) is 43.4 Å². The van der Waals surface area contributed by atoms with E-state index in [0.29, 0.717) is 17.0 Å². The Bertz CT molecular complexity index is 1460. The number of sulfonamides is 1. The van der Waals surface area contributed by atoms with Crippen molar-refractivity contribution in [1.29, 1.82) is 0 Å². The number of hydrogen-bond donors (Lipinski definition) is 3. The first-order chi connectivity index (χ1) is 19.2. The lowest BCUT2D eigenvalue weighted by Crippen LogP contribution is -2.47. The van der Waals surface area contributed by atoms with E-state index in [4.69, 9.17) is 0 Å². The molecule has 1 aliphatic rings. The van der Waals surface area contributed by atoms with Gasteiger partial charge >= 0.3 is 5.97 Å². The van der Waals surface area contributed by atoms with E-state index in [9.17, 15) is 23.4 Å². The Morgan fingerprint density at radius 1 is 0.951 bits per heavy atom. The average Bonchev–Trinajstić information content (AvgIpc) is 3.33. The van der Waals surface area contributed by atoms with E-state index in [-0.39, 0.29) is 23.5 Å². The summed E-state index contributed by atoms with van der Waals surface area (Å²) in [4.78, 5) is 11.7. The third-order valence-electron chi connectivity index (χ3n) is 8.24. The SMILES string of the molecule is CN(CC(O)CNC(C)(C)CC1Cc2ccccc2C1)S(=O)(=O)c1cccc(-c2ccc(C(C)(C)C(=O)O)cc2)c1. The highest BCUT2D eigenvalue weighted by Gasteiger charge is 2.30. The van der Waals surface area contributed by atoms with Crippen LogP contribution < -0.4 is 5.32 Å². The number of aliphatic carboxylic acids is 1. The molecule has 1 unspecified atom stereocenters. The van der Waals surface area contributed by atoms with Gasteiger partial charge in [0.2, 0.25) is 10.0 Å². The maximum absolute atomic E-state index is 13.4. The fraction of sp³-hybridized carbons (Fsp3) is 0.424. The molecular formula is C33H42N2O5S. The van der Waals surface area contributed by atoms with Crippen molar-refractivity contribution in [3.63, 3.8) is 0 Å². The highest BCUT2D eigenvalue weighted by atomic mass is 32.2. The van der Waals surface area contributed by atoms with E-state index < -0.39 is 27.5 Å². The first-order valence-corrected chi connectivity index (χ1v) is 15.5. The van der Waals surface area contributed by atoms with E-state index in [0.717, 1.165) is 24.8 Å². The summed E-state index contributed by atoms with van der Waals surface area (Å²) in [6.07, 6.45) is 2.22. The molecule has 4 rings (SSSR count). The van der Waals surface area contributed by atoms with Crippen LogP contribution in [0.4, 0.5) is 0 Å². The zero-order valence-electron chi connectivity index (χ0n) is 24.6. The van der Waals surface area contributed by atoms with Crippen molar-refractivity contribution < 1.29 is 23.4 Å². The van der Waals surface area contributed by atoms with E-state index in [1.165, 1.54) is 22.5 Å². The molecule has 1 aliphatic carbocycles. The van der Waals surface area contributed by atoms with Gasteiger partial charge in [-0.25, -0.2) is 8.42 Å². The molecule has 0 radical (unpaired) electrons. The van der Waals surface area contributed by atoms with Crippen LogP contribution in [0.15, 0.2) is 77.7 Å². The van der Waals surface area contributed by atoms with Crippen LogP contribution >= 0.6 is 0 Å². The first kappa shape index (κ1) is 30.9. The van der Waals surface area contributed by atoms with Gasteiger partial charge in [0.05, 0.1) is 16.4 Å². The topological polar surface area (TPSA) is 107 Å². The summed E-state index contributed by atoms with van der Waals surface area (Å²) < 4.78 is 28.0. The number of carboxylic acids is 1. The number of likely N-dealkylation sites (N-methyl/N-ethyl adjacent to an activating group) is 1. The van der Waals surface area contributed by atoms with Gasteiger partial charge in [0.25, 0.3) is 0 Å². The zero-order valence-corrected chi connectivity index (χ0v) is 25.4. The minimum Gasteiger partial charge on any atom is -0.481 e. The highest BCUT2D eigenvalue weighted by Crippen LogP contribution is 2.32. The number of carboxylic acid groups (broad SMARTS) is 1. The predicted molar refractivity (Wildman–Crippen MR) is 162 cm³/mol. The van der Waals surface area contributed by atoms with Crippen molar-refractivity contribution in [2.75, 3.05) is 20.1 Å². The number of aliphatic hydroxyl groups excluding tert-OH is 1. The summed E-state index contributed by atoms with van der Waals surface area (Å²) in [5.41, 5.74) is 3.76. The second kappa shape index (κ2) is 12.1. The van der Waals surface area contributed by atoms with Crippen LogP contribution in [-0.2, 0) is 33.1 Å². The largest absolute Gasteiger partial charge is 0.481 e. The maximum Gasteiger partial charge on any atom is 0.313 e. The van der Waals surface area contributed by atoms with Crippen LogP contribution in [-0.4, -0.2) is 60.7 Å². The average molecular weight is 579 g/mol. The third kappa shape index (κ3) is 7.25. The number of nitrogens with one attached hydrogen (secondary N) is 1. The number of aliphatic hydroxyl groups is 1. The second-order valence-electron chi connectivity index (χ2n) is 12.5. The summed E-state index contributed by atoms with van der Waals surface area (Å²) in [7, 11) is -2.36. The molecule has 41 heavy (non-hydrogen) atoms. The lowest BCUT2D eigenvalue weighted by atomic mass is 9.84. The van der Waals surface area contributed by atoms with Crippen LogP contribution in [0.1, 0.15) is 50.8 Å². The molecule has 0 saturated carbocycles. The molecule has 0 bridgehead atoms. The van der Waals surface area contributed by atoms with Gasteiger partial charge < -0.3 is 15.5 Å². The molecule has 0 aromatic heterocycles. The molecule has 8 heteroatoms. The summed E-state index contributed by atoms with van der Waals surface area (Å²) in [6.45, 7) is 7.79. The Morgan fingerprint density at radius 2 is 1.56 bits per heavy atom. The molecule has 1 atom stereocenters. The van der Waals surface area contributed by atoms with Crippen molar-refractivity contribution in [1.82, 2.24) is 9.62 Å². The quantitative estimate of drug-likeness (QED) is 0.283. The number of rotatable bonds is 12. The molecule has 220 valence electrons. The lowest BCUT2D eigenvalue weighted by molar-refractivity contribution is -0.142. The van der Waals surface area contributed by atoms with Gasteiger partial charge in [-0.2, -0.15) is 4.31 Å². The smallest absolute Gasteiger partial charge is 0.313 e. The number of hydrogen-bond acceptors (Lipinski definition) is 5. The number of benzene rings is 3. The molecular weight excluding hydrogens is 536 g/mol. The summed E-state index contributed by atoms with van der Waals surface area (Å²) in [5, 5.41) is 23.7. The molecule has 0 fully saturated rings. The minimum absolute atomic E-state index is 0.0382. The highest BCUT2D eigenvalue weighted by molar-refractivity contribution is 7.89. The lowest BCUT2D eigenvalue weighted by Gasteiger charge is -2.31. The second-order valence-corrected chi connectivity index (χ2v) is 14.5. The van der Waals surface area contributed by atoms with E-state index in [1.54, 1.807) is 56.3 Å². The van der Waals surface area contributed by atoms with Gasteiger partial charge in [-0.1, -0.05) is 60.7 Å². The minimum atomic E-state index is -3.84. The Kier molecular flexibility index (Phi) is 9.09. The Hall–Kier alpha value is -3.04.